The SMILES string of the molecule is C[C@@H](NC(=O)N(C)CC(F)F)c1ccc(OCC(F)(F)F)cc1. The molecule has 0 bridgehead atoms. The summed E-state index contributed by atoms with van der Waals surface area (Å²) in [5.74, 6) is 0.0411. The molecule has 0 heterocycles. The van der Waals surface area contributed by atoms with E-state index in [4.69, 9.17) is 0 Å². The maximum Gasteiger partial charge on any atom is 0.422 e. The molecule has 130 valence electrons. The van der Waals surface area contributed by atoms with Crippen molar-refractivity contribution in [2.45, 2.75) is 25.6 Å². The van der Waals surface area contributed by atoms with Crippen molar-refractivity contribution in [2.75, 3.05) is 20.2 Å². The van der Waals surface area contributed by atoms with Gasteiger partial charge in [-0.05, 0) is 24.6 Å². The third-order valence-electron chi connectivity index (χ3n) is 2.88. The minimum Gasteiger partial charge on any atom is -0.484 e. The van der Waals surface area contributed by atoms with Gasteiger partial charge in [-0.3, -0.25) is 0 Å². The molecule has 1 aromatic rings. The van der Waals surface area contributed by atoms with Gasteiger partial charge in [-0.15, -0.1) is 0 Å². The van der Waals surface area contributed by atoms with Gasteiger partial charge in [0.05, 0.1) is 12.6 Å². The van der Waals surface area contributed by atoms with Crippen LogP contribution in [0.2, 0.25) is 0 Å². The van der Waals surface area contributed by atoms with Crippen LogP contribution in [0.4, 0.5) is 26.7 Å². The molecule has 1 N–H and O–H groups in total. The molecule has 0 radical (unpaired) electrons. The zero-order valence-corrected chi connectivity index (χ0v) is 12.5. The molecule has 0 aliphatic heterocycles. The second kappa shape index (κ2) is 7.98. The van der Waals surface area contributed by atoms with Crippen LogP contribution in [-0.4, -0.2) is 43.7 Å². The quantitative estimate of drug-likeness (QED) is 0.804. The predicted octanol–water partition coefficient (Wildman–Crippen LogP) is 3.60. The number of alkyl halides is 5. The van der Waals surface area contributed by atoms with Gasteiger partial charge in [-0.2, -0.15) is 13.2 Å². The first-order valence-corrected chi connectivity index (χ1v) is 6.68. The van der Waals surface area contributed by atoms with Crippen molar-refractivity contribution in [1.29, 1.82) is 0 Å². The number of hydrogen-bond acceptors (Lipinski definition) is 2. The summed E-state index contributed by atoms with van der Waals surface area (Å²) < 4.78 is 65.0. The molecule has 1 rings (SSSR count). The van der Waals surface area contributed by atoms with Gasteiger partial charge in [0.1, 0.15) is 5.75 Å². The molecule has 0 unspecified atom stereocenters. The van der Waals surface area contributed by atoms with Gasteiger partial charge in [-0.1, -0.05) is 12.1 Å². The maximum atomic E-state index is 12.2. The maximum absolute atomic E-state index is 12.2. The molecule has 0 aromatic heterocycles. The van der Waals surface area contributed by atoms with Gasteiger partial charge < -0.3 is 15.0 Å². The average molecular weight is 340 g/mol. The summed E-state index contributed by atoms with van der Waals surface area (Å²) in [4.78, 5) is 12.5. The van der Waals surface area contributed by atoms with Crippen LogP contribution in [0.25, 0.3) is 0 Å². The van der Waals surface area contributed by atoms with E-state index in [0.29, 0.717) is 5.56 Å². The molecule has 23 heavy (non-hydrogen) atoms. The monoisotopic (exact) mass is 340 g/mol. The lowest BCUT2D eigenvalue weighted by molar-refractivity contribution is -0.153. The summed E-state index contributed by atoms with van der Waals surface area (Å²) in [6.07, 6.45) is -7.05. The van der Waals surface area contributed by atoms with E-state index < -0.39 is 37.8 Å². The summed E-state index contributed by atoms with van der Waals surface area (Å²) in [5.41, 5.74) is 0.600. The van der Waals surface area contributed by atoms with Gasteiger partial charge in [0.15, 0.2) is 6.61 Å². The molecule has 1 atom stereocenters. The van der Waals surface area contributed by atoms with Crippen molar-refractivity contribution >= 4 is 6.03 Å². The van der Waals surface area contributed by atoms with E-state index in [1.807, 2.05) is 0 Å². The number of carbonyl (C=O) groups excluding carboxylic acids is 1. The molecular weight excluding hydrogens is 323 g/mol. The fourth-order valence-electron chi connectivity index (χ4n) is 1.69. The number of nitrogens with one attached hydrogen (secondary N) is 1. The highest BCUT2D eigenvalue weighted by Crippen LogP contribution is 2.21. The van der Waals surface area contributed by atoms with Crippen molar-refractivity contribution in [3.05, 3.63) is 29.8 Å². The highest BCUT2D eigenvalue weighted by Gasteiger charge is 2.28. The lowest BCUT2D eigenvalue weighted by Gasteiger charge is -2.21. The second-order valence-corrected chi connectivity index (χ2v) is 4.92. The molecule has 1 aromatic carbocycles. The van der Waals surface area contributed by atoms with Crippen molar-refractivity contribution in [3.8, 4) is 5.75 Å². The zero-order valence-electron chi connectivity index (χ0n) is 12.5. The Morgan fingerprint density at radius 2 is 1.83 bits per heavy atom. The predicted molar refractivity (Wildman–Crippen MR) is 73.6 cm³/mol. The Morgan fingerprint density at radius 1 is 1.26 bits per heavy atom. The van der Waals surface area contributed by atoms with E-state index >= 15 is 0 Å². The standard InChI is InChI=1S/C14H17F5N2O2/c1-9(20-13(22)21(2)7-12(15)16)10-3-5-11(6-4-10)23-8-14(17,18)19/h3-6,9,12H,7-8H2,1-2H3,(H,20,22)/t9-/m1/s1. The van der Waals surface area contributed by atoms with Crippen LogP contribution in [0.3, 0.4) is 0 Å². The van der Waals surface area contributed by atoms with E-state index in [9.17, 15) is 26.7 Å². The Balaban J connectivity index is 2.57. The number of amides is 2. The topological polar surface area (TPSA) is 41.6 Å². The largest absolute Gasteiger partial charge is 0.484 e. The molecule has 0 saturated carbocycles. The highest BCUT2D eigenvalue weighted by molar-refractivity contribution is 5.74. The van der Waals surface area contributed by atoms with Crippen LogP contribution in [0.5, 0.6) is 5.75 Å². The van der Waals surface area contributed by atoms with Crippen LogP contribution < -0.4 is 10.1 Å². The number of rotatable bonds is 6. The number of halogens is 5. The molecule has 2 amide bonds. The van der Waals surface area contributed by atoms with Gasteiger partial charge in [-0.25, -0.2) is 13.6 Å². The Labute approximate surface area is 130 Å². The lowest BCUT2D eigenvalue weighted by atomic mass is 10.1. The van der Waals surface area contributed by atoms with Crippen molar-refractivity contribution in [2.24, 2.45) is 0 Å². The third kappa shape index (κ3) is 7.16. The Hall–Kier alpha value is -2.06. The third-order valence-corrected chi connectivity index (χ3v) is 2.88. The molecular formula is C14H17F5N2O2. The summed E-state index contributed by atoms with van der Waals surface area (Å²) >= 11 is 0. The first kappa shape index (κ1) is 19.0. The van der Waals surface area contributed by atoms with Gasteiger partial charge in [0.2, 0.25) is 0 Å². The summed E-state index contributed by atoms with van der Waals surface area (Å²) in [5, 5.41) is 2.51. The highest BCUT2D eigenvalue weighted by atomic mass is 19.4. The first-order chi connectivity index (χ1) is 10.6. The van der Waals surface area contributed by atoms with Crippen LogP contribution in [0.1, 0.15) is 18.5 Å². The molecule has 4 nitrogen and oxygen atoms in total. The fraction of sp³-hybridized carbons (Fsp3) is 0.500. The van der Waals surface area contributed by atoms with E-state index in [0.717, 1.165) is 4.90 Å². The number of carbonyl (C=O) groups is 1. The molecule has 0 aliphatic carbocycles. The van der Waals surface area contributed by atoms with E-state index in [-0.39, 0.29) is 5.75 Å². The van der Waals surface area contributed by atoms with Crippen molar-refractivity contribution in [1.82, 2.24) is 10.2 Å². The molecule has 9 heteroatoms. The van der Waals surface area contributed by atoms with Crippen LogP contribution >= 0.6 is 0 Å². The minimum absolute atomic E-state index is 0.0411. The average Bonchev–Trinajstić information content (AvgIpc) is 2.44. The van der Waals surface area contributed by atoms with Gasteiger partial charge >= 0.3 is 12.2 Å². The summed E-state index contributed by atoms with van der Waals surface area (Å²) in [6.45, 7) is -0.459. The van der Waals surface area contributed by atoms with Crippen molar-refractivity contribution < 1.29 is 31.5 Å². The zero-order chi connectivity index (χ0) is 17.6. The summed E-state index contributed by atoms with van der Waals surface area (Å²) in [6, 6.07) is 4.49. The van der Waals surface area contributed by atoms with Crippen LogP contribution in [0, 0.1) is 0 Å². The molecule has 0 saturated heterocycles. The number of urea groups is 1. The van der Waals surface area contributed by atoms with E-state index in [1.54, 1.807) is 6.92 Å². The van der Waals surface area contributed by atoms with E-state index in [2.05, 4.69) is 10.1 Å². The molecule has 0 spiro atoms. The molecule has 0 fully saturated rings. The van der Waals surface area contributed by atoms with Crippen molar-refractivity contribution in [3.63, 3.8) is 0 Å². The van der Waals surface area contributed by atoms with Crippen LogP contribution in [0.15, 0.2) is 24.3 Å². The first-order valence-electron chi connectivity index (χ1n) is 6.68. The Kier molecular flexibility index (Phi) is 6.59. The number of ether oxygens (including phenoxy) is 1. The van der Waals surface area contributed by atoms with Gasteiger partial charge in [0, 0.05) is 7.05 Å². The Bertz CT molecular complexity index is 505. The fourth-order valence-corrected chi connectivity index (χ4v) is 1.69. The Morgan fingerprint density at radius 3 is 2.30 bits per heavy atom. The number of hydrogen-bond donors (Lipinski definition) is 1. The number of nitrogens with zero attached hydrogens (tertiary/aromatic N) is 1. The van der Waals surface area contributed by atoms with E-state index in [1.165, 1.54) is 31.3 Å². The smallest absolute Gasteiger partial charge is 0.422 e. The normalized spacial score (nSPS) is 12.9. The lowest BCUT2D eigenvalue weighted by Crippen LogP contribution is -2.40. The summed E-state index contributed by atoms with van der Waals surface area (Å²) in [7, 11) is 1.24. The molecule has 0 aliphatic rings. The van der Waals surface area contributed by atoms with Crippen LogP contribution in [-0.2, 0) is 0 Å². The number of benzene rings is 1. The van der Waals surface area contributed by atoms with Gasteiger partial charge in [0.25, 0.3) is 6.43 Å². The second-order valence-electron chi connectivity index (χ2n) is 4.92. The minimum atomic E-state index is -4.42.